The van der Waals surface area contributed by atoms with Crippen LogP contribution in [0, 0.1) is 0 Å². The zero-order chi connectivity index (χ0) is 18.9. The molecule has 7 heteroatoms. The number of pyridine rings is 1. The Morgan fingerprint density at radius 3 is 2.59 bits per heavy atom. The van der Waals surface area contributed by atoms with Crippen LogP contribution in [0.2, 0.25) is 0 Å². The van der Waals surface area contributed by atoms with E-state index >= 15 is 0 Å². The Morgan fingerprint density at radius 2 is 1.85 bits per heavy atom. The molecule has 0 saturated heterocycles. The molecule has 0 aliphatic carbocycles. The second-order valence-electron chi connectivity index (χ2n) is 6.25. The molecule has 0 fully saturated rings. The first-order valence-electron chi connectivity index (χ1n) is 8.44. The predicted molar refractivity (Wildman–Crippen MR) is 104 cm³/mol. The van der Waals surface area contributed by atoms with Gasteiger partial charge in [0.1, 0.15) is 5.82 Å². The number of aromatic nitrogens is 3. The predicted octanol–water partition coefficient (Wildman–Crippen LogP) is 3.45. The van der Waals surface area contributed by atoms with Crippen molar-refractivity contribution in [2.45, 2.75) is 11.4 Å². The fourth-order valence-corrected chi connectivity index (χ4v) is 4.08. The number of sulfonamides is 1. The normalized spacial score (nSPS) is 11.9. The third-order valence-corrected chi connectivity index (χ3v) is 6.14. The van der Waals surface area contributed by atoms with Crippen LogP contribution in [-0.4, -0.2) is 34.7 Å². The van der Waals surface area contributed by atoms with Crippen molar-refractivity contribution in [3.63, 3.8) is 0 Å². The van der Waals surface area contributed by atoms with E-state index in [1.54, 1.807) is 43.7 Å². The zero-order valence-corrected chi connectivity index (χ0v) is 15.5. The van der Waals surface area contributed by atoms with Crippen molar-refractivity contribution in [2.75, 3.05) is 7.05 Å². The van der Waals surface area contributed by atoms with Gasteiger partial charge in [-0.2, -0.15) is 4.31 Å². The summed E-state index contributed by atoms with van der Waals surface area (Å²) in [5, 5.41) is 0. The van der Waals surface area contributed by atoms with Crippen LogP contribution >= 0.6 is 0 Å². The summed E-state index contributed by atoms with van der Waals surface area (Å²) < 4.78 is 27.2. The minimum atomic E-state index is -3.63. The topological polar surface area (TPSA) is 79.0 Å². The van der Waals surface area contributed by atoms with E-state index in [9.17, 15) is 8.42 Å². The van der Waals surface area contributed by atoms with E-state index in [4.69, 9.17) is 0 Å². The molecule has 27 heavy (non-hydrogen) atoms. The third kappa shape index (κ3) is 3.47. The number of fused-ring (bicyclic) bond motifs is 1. The molecule has 6 nitrogen and oxygen atoms in total. The molecule has 1 N–H and O–H groups in total. The molecule has 0 amide bonds. The molecule has 2 aromatic heterocycles. The molecule has 0 aliphatic heterocycles. The van der Waals surface area contributed by atoms with E-state index < -0.39 is 10.0 Å². The van der Waals surface area contributed by atoms with Crippen molar-refractivity contribution in [3.05, 3.63) is 78.6 Å². The quantitative estimate of drug-likeness (QED) is 0.577. The minimum absolute atomic E-state index is 0.227. The van der Waals surface area contributed by atoms with Gasteiger partial charge in [-0.25, -0.2) is 13.4 Å². The number of rotatable bonds is 5. The summed E-state index contributed by atoms with van der Waals surface area (Å²) in [6.45, 7) is 0.256. The summed E-state index contributed by atoms with van der Waals surface area (Å²) in [6.07, 6.45) is 3.32. The van der Waals surface area contributed by atoms with E-state index in [1.165, 1.54) is 4.31 Å². The van der Waals surface area contributed by atoms with Gasteiger partial charge in [0, 0.05) is 31.5 Å². The van der Waals surface area contributed by atoms with Gasteiger partial charge in [-0.15, -0.1) is 0 Å². The number of benzene rings is 2. The number of H-pyrrole nitrogens is 1. The van der Waals surface area contributed by atoms with Crippen molar-refractivity contribution in [1.29, 1.82) is 0 Å². The fraction of sp³-hybridized carbons (Fsp3) is 0.100. The number of imidazole rings is 1. The van der Waals surface area contributed by atoms with Gasteiger partial charge in [0.05, 0.1) is 15.9 Å². The molecule has 0 atom stereocenters. The maximum Gasteiger partial charge on any atom is 0.243 e. The highest BCUT2D eigenvalue weighted by Gasteiger charge is 2.22. The van der Waals surface area contributed by atoms with Gasteiger partial charge in [0.15, 0.2) is 0 Å². The Morgan fingerprint density at radius 1 is 1.04 bits per heavy atom. The van der Waals surface area contributed by atoms with Crippen LogP contribution in [0.5, 0.6) is 0 Å². The van der Waals surface area contributed by atoms with Gasteiger partial charge < -0.3 is 4.98 Å². The van der Waals surface area contributed by atoms with Gasteiger partial charge in [0.2, 0.25) is 10.0 Å². The lowest BCUT2D eigenvalue weighted by molar-refractivity contribution is 0.466. The van der Waals surface area contributed by atoms with Crippen LogP contribution in [0.25, 0.3) is 22.4 Å². The highest BCUT2D eigenvalue weighted by molar-refractivity contribution is 7.89. The van der Waals surface area contributed by atoms with E-state index in [1.807, 2.05) is 36.4 Å². The molecule has 0 radical (unpaired) electrons. The van der Waals surface area contributed by atoms with E-state index in [-0.39, 0.29) is 11.4 Å². The summed E-state index contributed by atoms with van der Waals surface area (Å²) in [7, 11) is -2.06. The summed E-state index contributed by atoms with van der Waals surface area (Å²) in [5.41, 5.74) is 3.19. The monoisotopic (exact) mass is 378 g/mol. The van der Waals surface area contributed by atoms with Gasteiger partial charge in [-0.1, -0.05) is 36.4 Å². The average molecular weight is 378 g/mol. The molecule has 2 aromatic carbocycles. The van der Waals surface area contributed by atoms with E-state index in [0.29, 0.717) is 11.3 Å². The van der Waals surface area contributed by atoms with Gasteiger partial charge in [0.25, 0.3) is 0 Å². The molecule has 136 valence electrons. The van der Waals surface area contributed by atoms with Crippen LogP contribution in [0.15, 0.2) is 78.0 Å². The first kappa shape index (κ1) is 17.4. The second kappa shape index (κ2) is 6.94. The lowest BCUT2D eigenvalue weighted by Gasteiger charge is -2.17. The standard InChI is InChI=1S/C20H18N4O2S/c1-24(14-15-6-5-11-21-13-15)27(25,26)17-9-10-18-19(12-17)23-20(22-18)16-7-3-2-4-8-16/h2-13H,14H2,1H3,(H,22,23). The molecule has 0 unspecified atom stereocenters. The van der Waals surface area contributed by atoms with Crippen LogP contribution in [0.3, 0.4) is 0 Å². The van der Waals surface area contributed by atoms with Crippen LogP contribution in [0.4, 0.5) is 0 Å². The van der Waals surface area contributed by atoms with Crippen LogP contribution in [-0.2, 0) is 16.6 Å². The van der Waals surface area contributed by atoms with E-state index in [0.717, 1.165) is 16.6 Å². The van der Waals surface area contributed by atoms with Crippen molar-refractivity contribution in [1.82, 2.24) is 19.3 Å². The molecule has 4 rings (SSSR count). The SMILES string of the molecule is CN(Cc1cccnc1)S(=O)(=O)c1ccc2nc(-c3ccccc3)[nH]c2c1. The largest absolute Gasteiger partial charge is 0.338 e. The van der Waals surface area contributed by atoms with Crippen LogP contribution < -0.4 is 0 Å². The molecule has 4 aromatic rings. The smallest absolute Gasteiger partial charge is 0.243 e. The molecular weight excluding hydrogens is 360 g/mol. The number of hydrogen-bond donors (Lipinski definition) is 1. The van der Waals surface area contributed by atoms with Crippen LogP contribution in [0.1, 0.15) is 5.56 Å². The highest BCUT2D eigenvalue weighted by Crippen LogP contribution is 2.24. The summed E-state index contributed by atoms with van der Waals surface area (Å²) in [6, 6.07) is 18.3. The molecule has 0 spiro atoms. The fourth-order valence-electron chi connectivity index (χ4n) is 2.90. The van der Waals surface area contributed by atoms with Gasteiger partial charge in [-0.05, 0) is 29.8 Å². The first-order chi connectivity index (χ1) is 13.0. The first-order valence-corrected chi connectivity index (χ1v) is 9.88. The second-order valence-corrected chi connectivity index (χ2v) is 8.30. The molecular formula is C20H18N4O2S. The summed E-state index contributed by atoms with van der Waals surface area (Å²) in [4.78, 5) is 12.0. The number of nitrogens with one attached hydrogen (secondary N) is 1. The average Bonchev–Trinajstić information content (AvgIpc) is 3.13. The molecule has 0 aliphatic rings. The van der Waals surface area contributed by atoms with Crippen molar-refractivity contribution >= 4 is 21.1 Å². The number of nitrogens with zero attached hydrogens (tertiary/aromatic N) is 3. The maximum absolute atomic E-state index is 12.9. The van der Waals surface area contributed by atoms with Crippen molar-refractivity contribution in [3.8, 4) is 11.4 Å². The van der Waals surface area contributed by atoms with Gasteiger partial charge in [-0.3, -0.25) is 4.98 Å². The Balaban J connectivity index is 1.66. The van der Waals surface area contributed by atoms with E-state index in [2.05, 4.69) is 15.0 Å². The van der Waals surface area contributed by atoms with Gasteiger partial charge >= 0.3 is 0 Å². The lowest BCUT2D eigenvalue weighted by atomic mass is 10.2. The molecule has 2 heterocycles. The maximum atomic E-state index is 12.9. The minimum Gasteiger partial charge on any atom is -0.338 e. The Kier molecular flexibility index (Phi) is 4.47. The molecule has 0 saturated carbocycles. The van der Waals surface area contributed by atoms with Crippen molar-refractivity contribution in [2.24, 2.45) is 0 Å². The number of hydrogen-bond acceptors (Lipinski definition) is 4. The molecule has 0 bridgehead atoms. The lowest BCUT2D eigenvalue weighted by Crippen LogP contribution is -2.26. The Labute approximate surface area is 157 Å². The summed E-state index contributed by atoms with van der Waals surface area (Å²) >= 11 is 0. The van der Waals surface area contributed by atoms with Crippen molar-refractivity contribution < 1.29 is 8.42 Å². The Bertz CT molecular complexity index is 1170. The third-order valence-electron chi connectivity index (χ3n) is 4.34. The zero-order valence-electron chi connectivity index (χ0n) is 14.7. The highest BCUT2D eigenvalue weighted by atomic mass is 32.2. The summed E-state index contributed by atoms with van der Waals surface area (Å²) in [5.74, 6) is 0.712. The Hall–Kier alpha value is -3.03. The number of aromatic amines is 1.